The first kappa shape index (κ1) is 15.1. The van der Waals surface area contributed by atoms with Crippen LogP contribution < -0.4 is 16.8 Å². The van der Waals surface area contributed by atoms with Crippen molar-refractivity contribution >= 4 is 12.2 Å². The van der Waals surface area contributed by atoms with Gasteiger partial charge in [-0.25, -0.2) is 0 Å². The Labute approximate surface area is 96.9 Å². The Hall–Kier alpha value is -0.940. The molecule has 2 atom stereocenters. The third-order valence-electron chi connectivity index (χ3n) is 2.40. The molecule has 0 saturated carbocycles. The third-order valence-corrected chi connectivity index (χ3v) is 2.40. The van der Waals surface area contributed by atoms with Gasteiger partial charge in [0.05, 0.1) is 12.1 Å². The molecule has 0 aromatic heterocycles. The van der Waals surface area contributed by atoms with Gasteiger partial charge in [0.25, 0.3) is 0 Å². The number of aldehydes is 1. The minimum Gasteiger partial charge on any atom is -0.345 e. The zero-order valence-corrected chi connectivity index (χ0v) is 9.95. The molecule has 5 N–H and O–H groups in total. The van der Waals surface area contributed by atoms with Crippen LogP contribution in [-0.4, -0.2) is 30.8 Å². The van der Waals surface area contributed by atoms with Gasteiger partial charge in [-0.1, -0.05) is 19.8 Å². The highest BCUT2D eigenvalue weighted by Crippen LogP contribution is 2.00. The molecule has 0 radical (unpaired) electrons. The first-order chi connectivity index (χ1) is 7.65. The number of nitrogens with one attached hydrogen (secondary N) is 1. The number of hydrogen-bond acceptors (Lipinski definition) is 4. The van der Waals surface area contributed by atoms with Crippen molar-refractivity contribution in [2.24, 2.45) is 11.5 Å². The predicted octanol–water partition coefficient (Wildman–Crippen LogP) is -0.0735. The third kappa shape index (κ3) is 6.53. The topological polar surface area (TPSA) is 98.2 Å². The molecule has 94 valence electrons. The molecule has 0 aromatic rings. The maximum absolute atomic E-state index is 11.6. The molecule has 0 unspecified atom stereocenters. The van der Waals surface area contributed by atoms with Crippen molar-refractivity contribution < 1.29 is 9.59 Å². The van der Waals surface area contributed by atoms with E-state index < -0.39 is 12.1 Å². The molecule has 5 nitrogen and oxygen atoms in total. The number of carbonyl (C=O) groups excluding carboxylic acids is 2. The summed E-state index contributed by atoms with van der Waals surface area (Å²) in [4.78, 5) is 22.2. The molecule has 1 amide bonds. The minimum atomic E-state index is -0.536. The Bertz CT molecular complexity index is 209. The fourth-order valence-electron chi connectivity index (χ4n) is 1.41. The van der Waals surface area contributed by atoms with Crippen molar-refractivity contribution in [2.75, 3.05) is 6.54 Å². The Morgan fingerprint density at radius 2 is 2.06 bits per heavy atom. The molecule has 16 heavy (non-hydrogen) atoms. The van der Waals surface area contributed by atoms with Crippen LogP contribution in [0.2, 0.25) is 0 Å². The highest BCUT2D eigenvalue weighted by molar-refractivity contribution is 5.84. The van der Waals surface area contributed by atoms with Gasteiger partial charge >= 0.3 is 0 Å². The van der Waals surface area contributed by atoms with Crippen LogP contribution >= 0.6 is 0 Å². The van der Waals surface area contributed by atoms with Crippen molar-refractivity contribution in [1.82, 2.24) is 5.32 Å². The van der Waals surface area contributed by atoms with E-state index in [2.05, 4.69) is 5.32 Å². The molecule has 0 aliphatic carbocycles. The van der Waals surface area contributed by atoms with E-state index in [4.69, 9.17) is 11.5 Å². The van der Waals surface area contributed by atoms with Gasteiger partial charge in [-0.2, -0.15) is 0 Å². The summed E-state index contributed by atoms with van der Waals surface area (Å²) >= 11 is 0. The van der Waals surface area contributed by atoms with E-state index in [1.165, 1.54) is 0 Å². The van der Waals surface area contributed by atoms with Crippen LogP contribution in [0, 0.1) is 0 Å². The smallest absolute Gasteiger partial charge is 0.237 e. The largest absolute Gasteiger partial charge is 0.345 e. The summed E-state index contributed by atoms with van der Waals surface area (Å²) in [5.41, 5.74) is 11.0. The molecule has 0 spiro atoms. The van der Waals surface area contributed by atoms with Gasteiger partial charge in [-0.3, -0.25) is 4.79 Å². The fraction of sp³-hybridized carbons (Fsp3) is 0.818. The van der Waals surface area contributed by atoms with E-state index in [9.17, 15) is 9.59 Å². The molecule has 0 heterocycles. The van der Waals surface area contributed by atoms with Crippen LogP contribution in [0.3, 0.4) is 0 Å². The predicted molar refractivity (Wildman–Crippen MR) is 63.8 cm³/mol. The summed E-state index contributed by atoms with van der Waals surface area (Å²) in [6.45, 7) is 2.57. The minimum absolute atomic E-state index is 0.248. The van der Waals surface area contributed by atoms with Gasteiger partial charge in [0.2, 0.25) is 5.91 Å². The first-order valence-corrected chi connectivity index (χ1v) is 5.87. The first-order valence-electron chi connectivity index (χ1n) is 5.87. The molecular formula is C11H23N3O2. The summed E-state index contributed by atoms with van der Waals surface area (Å²) in [6.07, 6.45) is 4.59. The van der Waals surface area contributed by atoms with Crippen molar-refractivity contribution in [3.63, 3.8) is 0 Å². The molecule has 0 aliphatic heterocycles. The summed E-state index contributed by atoms with van der Waals surface area (Å²) in [6, 6.07) is -0.941. The molecule has 0 saturated heterocycles. The van der Waals surface area contributed by atoms with Crippen LogP contribution in [0.4, 0.5) is 0 Å². The van der Waals surface area contributed by atoms with Gasteiger partial charge in [0.15, 0.2) is 0 Å². The number of rotatable bonds is 9. The summed E-state index contributed by atoms with van der Waals surface area (Å²) in [5, 5.41) is 2.63. The zero-order valence-electron chi connectivity index (χ0n) is 9.95. The Morgan fingerprint density at radius 3 is 2.56 bits per heavy atom. The second-order valence-corrected chi connectivity index (χ2v) is 3.93. The standard InChI is InChI=1S/C11H23N3O2/c1-2-5-9(8-15)14-11(16)10(13)6-3-4-7-12/h8-10H,2-7,12-13H2,1H3,(H,14,16)/t9-,10-/m0/s1. The molecule has 0 aromatic carbocycles. The van der Waals surface area contributed by atoms with Crippen molar-refractivity contribution in [2.45, 2.75) is 51.1 Å². The number of hydrogen-bond donors (Lipinski definition) is 3. The Balaban J connectivity index is 3.88. The number of amides is 1. The van der Waals surface area contributed by atoms with E-state index >= 15 is 0 Å². The average Bonchev–Trinajstić information content (AvgIpc) is 2.28. The lowest BCUT2D eigenvalue weighted by atomic mass is 10.1. The van der Waals surface area contributed by atoms with Crippen LogP contribution in [0.1, 0.15) is 39.0 Å². The lowest BCUT2D eigenvalue weighted by Crippen LogP contribution is -2.46. The van der Waals surface area contributed by atoms with Crippen LogP contribution in [0.5, 0.6) is 0 Å². The fourth-order valence-corrected chi connectivity index (χ4v) is 1.41. The SMILES string of the molecule is CCC[C@@H](C=O)NC(=O)[C@@H](N)CCCCN. The molecular weight excluding hydrogens is 206 g/mol. The van der Waals surface area contributed by atoms with E-state index in [0.29, 0.717) is 19.4 Å². The summed E-state index contributed by atoms with van der Waals surface area (Å²) < 4.78 is 0. The Kier molecular flexibility index (Phi) is 8.75. The number of unbranched alkanes of at least 4 members (excludes halogenated alkanes) is 1. The molecule has 0 aliphatic rings. The van der Waals surface area contributed by atoms with Gasteiger partial charge < -0.3 is 21.6 Å². The van der Waals surface area contributed by atoms with E-state index in [-0.39, 0.29) is 5.91 Å². The highest BCUT2D eigenvalue weighted by atomic mass is 16.2. The van der Waals surface area contributed by atoms with Gasteiger partial charge in [-0.15, -0.1) is 0 Å². The van der Waals surface area contributed by atoms with E-state index in [0.717, 1.165) is 25.5 Å². The molecule has 0 rings (SSSR count). The van der Waals surface area contributed by atoms with Crippen LogP contribution in [-0.2, 0) is 9.59 Å². The lowest BCUT2D eigenvalue weighted by Gasteiger charge is -2.15. The Morgan fingerprint density at radius 1 is 1.38 bits per heavy atom. The highest BCUT2D eigenvalue weighted by Gasteiger charge is 2.16. The normalized spacial score (nSPS) is 14.2. The van der Waals surface area contributed by atoms with Gasteiger partial charge in [0.1, 0.15) is 6.29 Å². The summed E-state index contributed by atoms with van der Waals surface area (Å²) in [7, 11) is 0. The van der Waals surface area contributed by atoms with Gasteiger partial charge in [-0.05, 0) is 25.8 Å². The van der Waals surface area contributed by atoms with Crippen LogP contribution in [0.25, 0.3) is 0 Å². The second kappa shape index (κ2) is 9.30. The second-order valence-electron chi connectivity index (χ2n) is 3.93. The monoisotopic (exact) mass is 229 g/mol. The lowest BCUT2D eigenvalue weighted by molar-refractivity contribution is -0.125. The maximum atomic E-state index is 11.6. The quantitative estimate of drug-likeness (QED) is 0.380. The van der Waals surface area contributed by atoms with Gasteiger partial charge in [0, 0.05) is 0 Å². The molecule has 0 fully saturated rings. The van der Waals surface area contributed by atoms with E-state index in [1.807, 2.05) is 6.92 Å². The number of carbonyl (C=O) groups is 2. The van der Waals surface area contributed by atoms with E-state index in [1.54, 1.807) is 0 Å². The van der Waals surface area contributed by atoms with Crippen molar-refractivity contribution in [3.8, 4) is 0 Å². The molecule has 0 bridgehead atoms. The number of nitrogens with two attached hydrogens (primary N) is 2. The maximum Gasteiger partial charge on any atom is 0.237 e. The zero-order chi connectivity index (χ0) is 12.4. The average molecular weight is 229 g/mol. The van der Waals surface area contributed by atoms with Crippen LogP contribution in [0.15, 0.2) is 0 Å². The van der Waals surface area contributed by atoms with Crippen molar-refractivity contribution in [3.05, 3.63) is 0 Å². The summed E-state index contributed by atoms with van der Waals surface area (Å²) in [5.74, 6) is -0.248. The molecule has 5 heteroatoms. The van der Waals surface area contributed by atoms with Crippen molar-refractivity contribution in [1.29, 1.82) is 0 Å².